The maximum absolute atomic E-state index is 12.3. The summed E-state index contributed by atoms with van der Waals surface area (Å²) >= 11 is 0. The number of ether oxygens (including phenoxy) is 3. The maximum Gasteiger partial charge on any atom is 0.343 e. The third-order valence-corrected chi connectivity index (χ3v) is 5.97. The number of cyclic esters (lactones) is 2. The minimum atomic E-state index is -1.07. The number of allylic oxidation sites excluding steroid dienone is 3. The molecule has 7 nitrogen and oxygen atoms in total. The number of carbonyl (C=O) groups is 2. The molecule has 0 unspecified atom stereocenters. The lowest BCUT2D eigenvalue weighted by Gasteiger charge is -2.23. The largest absolute Gasteiger partial charge is 0.504 e. The second-order valence-corrected chi connectivity index (χ2v) is 8.74. The summed E-state index contributed by atoms with van der Waals surface area (Å²) < 4.78 is 21.2. The Morgan fingerprint density at radius 3 is 2.73 bits per heavy atom. The van der Waals surface area contributed by atoms with Crippen LogP contribution in [0.2, 0.25) is 0 Å². The van der Waals surface area contributed by atoms with E-state index in [1.54, 1.807) is 31.6 Å². The number of aliphatic hydroxyl groups is 1. The van der Waals surface area contributed by atoms with Crippen LogP contribution in [0.25, 0.3) is 0 Å². The summed E-state index contributed by atoms with van der Waals surface area (Å²) in [5, 5.41) is 9.92. The molecular formula is C26H32O7. The topological polar surface area (TPSA) is 95.2 Å². The molecule has 3 heterocycles. The molecule has 0 radical (unpaired) electrons. The molecule has 2 atom stereocenters. The summed E-state index contributed by atoms with van der Waals surface area (Å²) in [6.45, 7) is 5.66. The van der Waals surface area contributed by atoms with Gasteiger partial charge in [-0.05, 0) is 75.7 Å². The number of carbonyl (C=O) groups excluding carboxylic acids is 2. The van der Waals surface area contributed by atoms with E-state index in [1.165, 1.54) is 12.7 Å². The zero-order chi connectivity index (χ0) is 24.0. The molecule has 0 spiro atoms. The lowest BCUT2D eigenvalue weighted by molar-refractivity contribution is -0.188. The summed E-state index contributed by atoms with van der Waals surface area (Å²) in [6, 6.07) is 1.82. The van der Waals surface area contributed by atoms with E-state index < -0.39 is 11.8 Å². The normalized spacial score (nSPS) is 23.2. The van der Waals surface area contributed by atoms with Crippen molar-refractivity contribution in [3.63, 3.8) is 0 Å². The highest BCUT2D eigenvalue weighted by molar-refractivity contribution is 5.93. The van der Waals surface area contributed by atoms with Gasteiger partial charge in [0.2, 0.25) is 5.79 Å². The van der Waals surface area contributed by atoms with Crippen molar-refractivity contribution < 1.29 is 33.3 Å². The first-order chi connectivity index (χ1) is 15.7. The van der Waals surface area contributed by atoms with Crippen LogP contribution in [-0.2, 0) is 30.2 Å². The van der Waals surface area contributed by atoms with Crippen molar-refractivity contribution in [3.8, 4) is 0 Å². The Bertz CT molecular complexity index is 994. The van der Waals surface area contributed by atoms with Crippen molar-refractivity contribution in [2.75, 3.05) is 7.11 Å². The zero-order valence-electron chi connectivity index (χ0n) is 19.7. The average molecular weight is 457 g/mol. The molecule has 1 aromatic rings. The number of aliphatic hydroxyl groups excluding tert-OH is 1. The number of esters is 2. The highest BCUT2D eigenvalue weighted by Crippen LogP contribution is 2.32. The van der Waals surface area contributed by atoms with Gasteiger partial charge in [0, 0.05) is 19.1 Å². The molecule has 0 bridgehead atoms. The smallest absolute Gasteiger partial charge is 0.343 e. The third kappa shape index (κ3) is 6.26. The third-order valence-electron chi connectivity index (χ3n) is 5.97. The minimum Gasteiger partial charge on any atom is -0.504 e. The Morgan fingerprint density at radius 2 is 2.09 bits per heavy atom. The van der Waals surface area contributed by atoms with Gasteiger partial charge in [-0.25, -0.2) is 9.59 Å². The fourth-order valence-corrected chi connectivity index (χ4v) is 3.93. The van der Waals surface area contributed by atoms with Gasteiger partial charge in [-0.15, -0.1) is 0 Å². The molecule has 7 heteroatoms. The van der Waals surface area contributed by atoms with Gasteiger partial charge in [0.1, 0.15) is 0 Å². The summed E-state index contributed by atoms with van der Waals surface area (Å²) in [7, 11) is 1.53. The van der Waals surface area contributed by atoms with Crippen molar-refractivity contribution in [2.24, 2.45) is 5.92 Å². The molecule has 0 fully saturated rings. The Labute approximate surface area is 194 Å². The summed E-state index contributed by atoms with van der Waals surface area (Å²) in [5.41, 5.74) is 3.02. The number of furan rings is 1. The second kappa shape index (κ2) is 10.7. The maximum atomic E-state index is 12.3. The average Bonchev–Trinajstić information content (AvgIpc) is 3.45. The first-order valence-corrected chi connectivity index (χ1v) is 11.2. The zero-order valence-corrected chi connectivity index (χ0v) is 19.7. The van der Waals surface area contributed by atoms with Crippen molar-refractivity contribution in [2.45, 2.75) is 65.1 Å². The van der Waals surface area contributed by atoms with E-state index in [-0.39, 0.29) is 29.0 Å². The molecule has 0 saturated heterocycles. The van der Waals surface area contributed by atoms with Gasteiger partial charge in [0.15, 0.2) is 11.5 Å². The van der Waals surface area contributed by atoms with Crippen molar-refractivity contribution in [1.82, 2.24) is 0 Å². The van der Waals surface area contributed by atoms with Gasteiger partial charge in [-0.3, -0.25) is 0 Å². The van der Waals surface area contributed by atoms with Crippen LogP contribution in [0.15, 0.2) is 69.5 Å². The lowest BCUT2D eigenvalue weighted by atomic mass is 9.99. The number of hydrogen-bond donors (Lipinski definition) is 1. The van der Waals surface area contributed by atoms with Crippen LogP contribution in [0.3, 0.4) is 0 Å². The predicted molar refractivity (Wildman–Crippen MR) is 122 cm³/mol. The molecule has 0 amide bonds. The van der Waals surface area contributed by atoms with Gasteiger partial charge in [0.25, 0.3) is 0 Å². The van der Waals surface area contributed by atoms with E-state index >= 15 is 0 Å². The first-order valence-electron chi connectivity index (χ1n) is 11.2. The van der Waals surface area contributed by atoms with Crippen LogP contribution in [0.5, 0.6) is 0 Å². The summed E-state index contributed by atoms with van der Waals surface area (Å²) in [4.78, 5) is 23.8. The van der Waals surface area contributed by atoms with Gasteiger partial charge in [0.05, 0.1) is 18.1 Å². The van der Waals surface area contributed by atoms with Gasteiger partial charge in [-0.1, -0.05) is 18.6 Å². The number of rotatable bonds is 11. The molecule has 33 heavy (non-hydrogen) atoms. The fraction of sp³-hybridized carbons (Fsp3) is 0.462. The number of methoxy groups -OCH3 is 1. The highest BCUT2D eigenvalue weighted by atomic mass is 16.7. The Balaban J connectivity index is 1.44. The highest BCUT2D eigenvalue weighted by Gasteiger charge is 2.40. The van der Waals surface area contributed by atoms with E-state index in [4.69, 9.17) is 18.6 Å². The monoisotopic (exact) mass is 456 g/mol. The lowest BCUT2D eigenvalue weighted by Crippen LogP contribution is -2.33. The standard InChI is InChI=1S/C26H32O7/c1-17(7-5-9-18(2)13-22-23(27)19(3)24(28)32-22)8-6-10-21-15-26(30-4,33-25(21)29)14-20-11-12-31-16-20/h8,11-13,15-16,18,27H,5-7,9-10,14H2,1-4H3/t18-,26+/m1/s1. The van der Waals surface area contributed by atoms with E-state index in [2.05, 4.69) is 13.0 Å². The second-order valence-electron chi connectivity index (χ2n) is 8.74. The molecule has 1 aromatic heterocycles. The van der Waals surface area contributed by atoms with Crippen LogP contribution in [0.4, 0.5) is 0 Å². The molecule has 0 saturated carbocycles. The van der Waals surface area contributed by atoms with Crippen molar-refractivity contribution >= 4 is 11.9 Å². The SMILES string of the molecule is CO[C@]1(Cc2ccoc2)C=C(CCC=C(C)CCC[C@@H](C)C=C2OC(=O)C(C)=C2O)C(=O)O1. The van der Waals surface area contributed by atoms with Gasteiger partial charge < -0.3 is 23.7 Å². The molecular weight excluding hydrogens is 424 g/mol. The summed E-state index contributed by atoms with van der Waals surface area (Å²) in [5.74, 6) is -1.54. The van der Waals surface area contributed by atoms with E-state index in [9.17, 15) is 14.7 Å². The first kappa shape index (κ1) is 24.6. The van der Waals surface area contributed by atoms with Gasteiger partial charge in [-0.2, -0.15) is 0 Å². The molecule has 1 N–H and O–H groups in total. The minimum absolute atomic E-state index is 0.0649. The van der Waals surface area contributed by atoms with Crippen LogP contribution in [-0.4, -0.2) is 29.9 Å². The Morgan fingerprint density at radius 1 is 1.30 bits per heavy atom. The molecule has 2 aliphatic heterocycles. The van der Waals surface area contributed by atoms with E-state index in [1.807, 2.05) is 13.0 Å². The van der Waals surface area contributed by atoms with E-state index in [0.29, 0.717) is 18.4 Å². The van der Waals surface area contributed by atoms with Crippen molar-refractivity contribution in [1.29, 1.82) is 0 Å². The fourth-order valence-electron chi connectivity index (χ4n) is 3.93. The molecule has 178 valence electrons. The van der Waals surface area contributed by atoms with Crippen LogP contribution in [0.1, 0.15) is 58.4 Å². The van der Waals surface area contributed by atoms with Gasteiger partial charge >= 0.3 is 11.9 Å². The summed E-state index contributed by atoms with van der Waals surface area (Å²) in [6.07, 6.45) is 13.5. The Kier molecular flexibility index (Phi) is 7.97. The molecule has 0 aliphatic carbocycles. The number of hydrogen-bond acceptors (Lipinski definition) is 7. The molecule has 0 aromatic carbocycles. The Hall–Kier alpha value is -3.06. The quantitative estimate of drug-likeness (QED) is 0.349. The van der Waals surface area contributed by atoms with Crippen LogP contribution in [0, 0.1) is 5.92 Å². The predicted octanol–water partition coefficient (Wildman–Crippen LogP) is 5.45. The van der Waals surface area contributed by atoms with E-state index in [0.717, 1.165) is 31.2 Å². The molecule has 3 rings (SSSR count). The van der Waals surface area contributed by atoms with Crippen LogP contribution < -0.4 is 0 Å². The van der Waals surface area contributed by atoms with Crippen molar-refractivity contribution in [3.05, 3.63) is 70.6 Å². The van der Waals surface area contributed by atoms with Crippen LogP contribution >= 0.6 is 0 Å². The molecule has 2 aliphatic rings.